The Kier molecular flexibility index (Phi) is 5.29. The van der Waals surface area contributed by atoms with Gasteiger partial charge in [0.15, 0.2) is 0 Å². The van der Waals surface area contributed by atoms with Crippen molar-refractivity contribution in [2.45, 2.75) is 19.8 Å². The topological polar surface area (TPSA) is 57.6 Å². The molecule has 1 rings (SSSR count). The van der Waals surface area contributed by atoms with Crippen LogP contribution in [0.1, 0.15) is 19.8 Å². The minimum atomic E-state index is -0.935. The van der Waals surface area contributed by atoms with Crippen LogP contribution in [0.3, 0.4) is 0 Å². The van der Waals surface area contributed by atoms with Crippen molar-refractivity contribution in [2.24, 2.45) is 0 Å². The first-order valence-corrected chi connectivity index (χ1v) is 4.30. The number of aliphatic carboxylic acids is 1. The molecule has 0 saturated carbocycles. The summed E-state index contributed by atoms with van der Waals surface area (Å²) in [5.74, 6) is -0.727. The quantitative estimate of drug-likeness (QED) is 0.681. The maximum Gasteiger partial charge on any atom is 0.330 e. The number of nitrogens with zero attached hydrogens (tertiary/aromatic N) is 1. The normalized spacial score (nSPS) is 14.4. The van der Waals surface area contributed by atoms with Crippen LogP contribution in [0.25, 0.3) is 0 Å². The van der Waals surface area contributed by atoms with Crippen LogP contribution in [0.4, 0.5) is 0 Å². The standard InChI is InChI=1S/C6H9NO.C4H6O2/c1-2-7-5-3-4-6(7)8;1-3(2)4(5)6/h2H,1,3-5H2;1H2,2H3,(H,5,6). The second-order valence-corrected chi connectivity index (χ2v) is 2.96. The lowest BCUT2D eigenvalue weighted by Gasteiger charge is -2.05. The van der Waals surface area contributed by atoms with Gasteiger partial charge >= 0.3 is 5.97 Å². The molecular weight excluding hydrogens is 182 g/mol. The van der Waals surface area contributed by atoms with Gasteiger partial charge in [0.1, 0.15) is 0 Å². The van der Waals surface area contributed by atoms with E-state index in [9.17, 15) is 9.59 Å². The highest BCUT2D eigenvalue weighted by molar-refractivity contribution is 5.84. The molecule has 0 radical (unpaired) electrons. The molecule has 0 unspecified atom stereocenters. The van der Waals surface area contributed by atoms with Gasteiger partial charge in [-0.2, -0.15) is 0 Å². The maximum atomic E-state index is 10.7. The van der Waals surface area contributed by atoms with Crippen molar-refractivity contribution in [3.8, 4) is 0 Å². The third kappa shape index (κ3) is 4.45. The summed E-state index contributed by atoms with van der Waals surface area (Å²) in [7, 11) is 0. The SMILES string of the molecule is C=C(C)C(=O)O.C=CN1CCCC1=O. The van der Waals surface area contributed by atoms with Crippen LogP contribution in [0.2, 0.25) is 0 Å². The van der Waals surface area contributed by atoms with Crippen LogP contribution in [0.15, 0.2) is 24.9 Å². The van der Waals surface area contributed by atoms with Crippen molar-refractivity contribution >= 4 is 11.9 Å². The van der Waals surface area contributed by atoms with Crippen molar-refractivity contribution in [1.29, 1.82) is 0 Å². The molecule has 1 fully saturated rings. The molecule has 0 spiro atoms. The van der Waals surface area contributed by atoms with E-state index in [1.54, 1.807) is 11.1 Å². The molecule has 1 saturated heterocycles. The number of carboxylic acid groups (broad SMARTS) is 1. The summed E-state index contributed by atoms with van der Waals surface area (Å²) >= 11 is 0. The average Bonchev–Trinajstić information content (AvgIpc) is 2.51. The van der Waals surface area contributed by atoms with E-state index in [2.05, 4.69) is 13.2 Å². The Balaban J connectivity index is 0.000000255. The number of carboxylic acids is 1. The molecule has 1 aliphatic heterocycles. The van der Waals surface area contributed by atoms with Gasteiger partial charge in [0.05, 0.1) is 0 Å². The van der Waals surface area contributed by atoms with Gasteiger partial charge in [-0.25, -0.2) is 4.79 Å². The number of rotatable bonds is 2. The van der Waals surface area contributed by atoms with Crippen LogP contribution in [-0.2, 0) is 9.59 Å². The number of amides is 1. The van der Waals surface area contributed by atoms with Crippen LogP contribution >= 0.6 is 0 Å². The Morgan fingerprint density at radius 2 is 2.14 bits per heavy atom. The molecule has 0 aromatic rings. The fourth-order valence-electron chi connectivity index (χ4n) is 0.862. The molecule has 14 heavy (non-hydrogen) atoms. The molecule has 78 valence electrons. The molecule has 1 N–H and O–H groups in total. The third-order valence-electron chi connectivity index (χ3n) is 1.70. The average molecular weight is 197 g/mol. The Morgan fingerprint density at radius 3 is 2.29 bits per heavy atom. The van der Waals surface area contributed by atoms with Crippen LogP contribution < -0.4 is 0 Å². The number of likely N-dealkylation sites (tertiary alicyclic amines) is 1. The second kappa shape index (κ2) is 5.96. The van der Waals surface area contributed by atoms with Gasteiger partial charge in [-0.05, 0) is 19.5 Å². The molecule has 4 heteroatoms. The lowest BCUT2D eigenvalue weighted by Crippen LogP contribution is -2.16. The molecule has 1 aliphatic rings. The molecule has 1 heterocycles. The monoisotopic (exact) mass is 197 g/mol. The first-order valence-electron chi connectivity index (χ1n) is 4.30. The van der Waals surface area contributed by atoms with Crippen molar-refractivity contribution in [3.63, 3.8) is 0 Å². The van der Waals surface area contributed by atoms with E-state index in [-0.39, 0.29) is 11.5 Å². The lowest BCUT2D eigenvalue weighted by molar-refractivity contribution is -0.132. The summed E-state index contributed by atoms with van der Waals surface area (Å²) in [4.78, 5) is 21.9. The van der Waals surface area contributed by atoms with Crippen LogP contribution in [0.5, 0.6) is 0 Å². The van der Waals surface area contributed by atoms with E-state index >= 15 is 0 Å². The fraction of sp³-hybridized carbons (Fsp3) is 0.400. The fourth-order valence-corrected chi connectivity index (χ4v) is 0.862. The zero-order valence-electron chi connectivity index (χ0n) is 8.32. The van der Waals surface area contributed by atoms with Gasteiger partial charge in [0, 0.05) is 18.5 Å². The van der Waals surface area contributed by atoms with Gasteiger partial charge < -0.3 is 10.0 Å². The number of hydrogen-bond donors (Lipinski definition) is 1. The highest BCUT2D eigenvalue weighted by atomic mass is 16.4. The van der Waals surface area contributed by atoms with Crippen molar-refractivity contribution < 1.29 is 14.7 Å². The van der Waals surface area contributed by atoms with E-state index in [0.717, 1.165) is 13.0 Å². The molecule has 0 bridgehead atoms. The third-order valence-corrected chi connectivity index (χ3v) is 1.70. The summed E-state index contributed by atoms with van der Waals surface area (Å²) in [5, 5.41) is 7.89. The summed E-state index contributed by atoms with van der Waals surface area (Å²) in [6, 6.07) is 0. The van der Waals surface area contributed by atoms with Gasteiger partial charge in [-0.15, -0.1) is 0 Å². The number of carbonyl (C=O) groups is 2. The summed E-state index contributed by atoms with van der Waals surface area (Å²) in [6.07, 6.45) is 3.28. The predicted octanol–water partition coefficient (Wildman–Crippen LogP) is 1.40. The van der Waals surface area contributed by atoms with Gasteiger partial charge in [-0.3, -0.25) is 4.79 Å². The molecule has 0 aliphatic carbocycles. The van der Waals surface area contributed by atoms with E-state index in [1.165, 1.54) is 6.92 Å². The van der Waals surface area contributed by atoms with Crippen molar-refractivity contribution in [2.75, 3.05) is 6.54 Å². The Labute approximate surface area is 83.5 Å². The molecule has 4 nitrogen and oxygen atoms in total. The molecule has 0 aromatic carbocycles. The minimum absolute atomic E-state index is 0.176. The Bertz CT molecular complexity index is 246. The molecule has 0 atom stereocenters. The molecule has 1 amide bonds. The summed E-state index contributed by atoms with van der Waals surface area (Å²) < 4.78 is 0. The number of hydrogen-bond acceptors (Lipinski definition) is 2. The van der Waals surface area contributed by atoms with Crippen molar-refractivity contribution in [3.05, 3.63) is 24.9 Å². The first kappa shape index (κ1) is 12.4. The first-order chi connectivity index (χ1) is 6.49. The summed E-state index contributed by atoms with van der Waals surface area (Å²) in [5.41, 5.74) is 0.176. The van der Waals surface area contributed by atoms with Gasteiger partial charge in [-0.1, -0.05) is 13.2 Å². The highest BCUT2D eigenvalue weighted by Gasteiger charge is 2.15. The van der Waals surface area contributed by atoms with E-state index in [4.69, 9.17) is 5.11 Å². The largest absolute Gasteiger partial charge is 0.478 e. The van der Waals surface area contributed by atoms with E-state index in [1.807, 2.05) is 0 Å². The number of carbonyl (C=O) groups excluding carboxylic acids is 1. The summed E-state index contributed by atoms with van der Waals surface area (Å²) in [6.45, 7) is 8.96. The maximum absolute atomic E-state index is 10.7. The minimum Gasteiger partial charge on any atom is -0.478 e. The highest BCUT2D eigenvalue weighted by Crippen LogP contribution is 2.08. The smallest absolute Gasteiger partial charge is 0.330 e. The predicted molar refractivity (Wildman–Crippen MR) is 53.6 cm³/mol. The molecule has 0 aromatic heterocycles. The zero-order chi connectivity index (χ0) is 11.1. The van der Waals surface area contributed by atoms with Gasteiger partial charge in [0.25, 0.3) is 0 Å². The van der Waals surface area contributed by atoms with Crippen LogP contribution in [0, 0.1) is 0 Å². The Morgan fingerprint density at radius 1 is 1.64 bits per heavy atom. The molecular formula is C10H15NO3. The lowest BCUT2D eigenvalue weighted by atomic mass is 10.4. The second-order valence-electron chi connectivity index (χ2n) is 2.96. The zero-order valence-corrected chi connectivity index (χ0v) is 8.32. The van der Waals surface area contributed by atoms with E-state index < -0.39 is 5.97 Å². The van der Waals surface area contributed by atoms with E-state index in [0.29, 0.717) is 6.42 Å². The van der Waals surface area contributed by atoms with Gasteiger partial charge in [0.2, 0.25) is 5.91 Å². The van der Waals surface area contributed by atoms with Crippen LogP contribution in [-0.4, -0.2) is 28.4 Å². The Hall–Kier alpha value is -1.58. The van der Waals surface area contributed by atoms with Crippen molar-refractivity contribution in [1.82, 2.24) is 4.90 Å².